The van der Waals surface area contributed by atoms with Crippen LogP contribution in [-0.2, 0) is 0 Å². The van der Waals surface area contributed by atoms with Gasteiger partial charge in [0.1, 0.15) is 13.8 Å². The van der Waals surface area contributed by atoms with Crippen molar-refractivity contribution in [3.05, 3.63) is 53.9 Å². The number of carbonyl (C=O) groups is 1. The van der Waals surface area contributed by atoms with Crippen LogP contribution < -0.4 is 10.1 Å². The van der Waals surface area contributed by atoms with E-state index in [1.54, 1.807) is 18.5 Å². The Labute approximate surface area is 191 Å². The van der Waals surface area contributed by atoms with E-state index in [9.17, 15) is 13.6 Å². The molecule has 0 unspecified atom stereocenters. The topological polar surface area (TPSA) is 56.2 Å². The highest BCUT2D eigenvalue weighted by Crippen LogP contribution is 2.27. The first kappa shape index (κ1) is 23.8. The molecule has 1 N–H and O–H groups in total. The summed E-state index contributed by atoms with van der Waals surface area (Å²) in [5.41, 5.74) is 2.70. The minimum atomic E-state index is -3.80. The lowest BCUT2D eigenvalue weighted by Crippen LogP contribution is -2.16. The Hall–Kier alpha value is -2.89. The van der Waals surface area contributed by atoms with Crippen LogP contribution in [0, 0.1) is 11.5 Å². The molecule has 1 aromatic heterocycles. The van der Waals surface area contributed by atoms with Crippen molar-refractivity contribution < 1.29 is 18.3 Å². The largest absolute Gasteiger partial charge is 0.487 e. The molecule has 9 heteroatoms. The quantitative estimate of drug-likeness (QED) is 0.269. The molecule has 0 aliphatic carbocycles. The summed E-state index contributed by atoms with van der Waals surface area (Å²) in [7, 11) is -1.65. The molecule has 3 aromatic rings. The maximum Gasteiger partial charge on any atom is 0.487 e. The van der Waals surface area contributed by atoms with Crippen LogP contribution in [0.3, 0.4) is 0 Å². The number of aromatic nitrogens is 2. The van der Waals surface area contributed by atoms with E-state index >= 15 is 0 Å². The van der Waals surface area contributed by atoms with Crippen LogP contribution in [0.25, 0.3) is 11.0 Å². The van der Waals surface area contributed by atoms with E-state index in [-0.39, 0.29) is 17.7 Å². The molecule has 32 heavy (non-hydrogen) atoms. The lowest BCUT2D eigenvalue weighted by molar-refractivity contribution is -0.0964. The summed E-state index contributed by atoms with van der Waals surface area (Å²) in [6.45, 7) is 10.6. The van der Waals surface area contributed by atoms with Crippen LogP contribution in [0.2, 0.25) is 19.6 Å². The molecule has 3 rings (SSSR count). The molecule has 2 aromatic carbocycles. The predicted molar refractivity (Wildman–Crippen MR) is 126 cm³/mol. The lowest BCUT2D eigenvalue weighted by atomic mass is 10.1. The van der Waals surface area contributed by atoms with Gasteiger partial charge in [0.05, 0.1) is 22.9 Å². The molecule has 0 atom stereocenters. The summed E-state index contributed by atoms with van der Waals surface area (Å²) in [4.78, 5) is 17.4. The Morgan fingerprint density at radius 1 is 1.22 bits per heavy atom. The van der Waals surface area contributed by atoms with E-state index in [4.69, 9.17) is 11.6 Å². The van der Waals surface area contributed by atoms with Gasteiger partial charge in [-0.15, -0.1) is 14.3 Å². The summed E-state index contributed by atoms with van der Waals surface area (Å²) >= 11 is 4.77. The zero-order valence-electron chi connectivity index (χ0n) is 18.5. The second-order valence-corrected chi connectivity index (χ2v) is 13.9. The number of amides is 1. The van der Waals surface area contributed by atoms with Crippen molar-refractivity contribution >= 4 is 42.3 Å². The van der Waals surface area contributed by atoms with E-state index in [2.05, 4.69) is 60.0 Å². The molecule has 0 radical (unpaired) electrons. The number of anilines is 1. The number of nitrogens with one attached hydrogen (secondary N) is 1. The molecule has 1 amide bonds. The summed E-state index contributed by atoms with van der Waals surface area (Å²) in [5, 5.41) is 2.75. The fraction of sp³-hybridized carbons (Fsp3) is 0.304. The molecule has 0 saturated carbocycles. The summed E-state index contributed by atoms with van der Waals surface area (Å²) in [5.74, 6) is 2.79. The Morgan fingerprint density at radius 3 is 2.44 bits per heavy atom. The zero-order chi connectivity index (χ0) is 23.7. The minimum absolute atomic E-state index is 0.118. The number of hydrogen-bond donors (Lipinski definition) is 1. The van der Waals surface area contributed by atoms with Gasteiger partial charge in [-0.1, -0.05) is 25.6 Å². The van der Waals surface area contributed by atoms with Crippen molar-refractivity contribution in [3.63, 3.8) is 0 Å². The number of fused-ring (bicyclic) bond motifs is 1. The van der Waals surface area contributed by atoms with Crippen molar-refractivity contribution in [1.82, 2.24) is 9.55 Å². The molecule has 0 saturated heterocycles. The van der Waals surface area contributed by atoms with Crippen molar-refractivity contribution in [2.75, 3.05) is 5.32 Å². The number of halogens is 3. The normalized spacial score (nSPS) is 11.9. The van der Waals surface area contributed by atoms with Crippen molar-refractivity contribution in [2.24, 2.45) is 0 Å². The van der Waals surface area contributed by atoms with Gasteiger partial charge >= 0.3 is 5.57 Å². The van der Waals surface area contributed by atoms with Crippen LogP contribution in [-0.4, -0.2) is 29.1 Å². The number of carbonyl (C=O) groups excluding carboxylic acids is 1. The van der Waals surface area contributed by atoms with E-state index in [0.29, 0.717) is 16.8 Å². The van der Waals surface area contributed by atoms with Crippen molar-refractivity contribution in [1.29, 1.82) is 0 Å². The van der Waals surface area contributed by atoms with Gasteiger partial charge in [0.15, 0.2) is 0 Å². The lowest BCUT2D eigenvalue weighted by Gasteiger charge is -2.12. The minimum Gasteiger partial charge on any atom is -0.420 e. The fourth-order valence-corrected chi connectivity index (χ4v) is 3.59. The number of ether oxygens (including phenoxy) is 1. The highest BCUT2D eigenvalue weighted by Gasteiger charge is 2.27. The molecular weight excluding hydrogens is 452 g/mol. The Bertz CT molecular complexity index is 1200. The molecule has 0 aliphatic heterocycles. The highest BCUT2D eigenvalue weighted by molar-refractivity contribution is 6.83. The molecule has 5 nitrogen and oxygen atoms in total. The van der Waals surface area contributed by atoms with Gasteiger partial charge in [-0.25, -0.2) is 4.98 Å². The first-order valence-corrected chi connectivity index (χ1v) is 13.9. The van der Waals surface area contributed by atoms with Gasteiger partial charge in [-0.05, 0) is 50.2 Å². The fourth-order valence-electron chi connectivity index (χ4n) is 2.99. The van der Waals surface area contributed by atoms with Gasteiger partial charge in [-0.2, -0.15) is 0 Å². The molecule has 0 aliphatic rings. The Balaban J connectivity index is 1.94. The second kappa shape index (κ2) is 8.92. The van der Waals surface area contributed by atoms with Crippen molar-refractivity contribution in [3.8, 4) is 17.2 Å². The number of nitrogens with zero attached hydrogens (tertiary/aromatic N) is 2. The monoisotopic (exact) mass is 475 g/mol. The Kier molecular flexibility index (Phi) is 6.63. The number of rotatable bonds is 5. The third-order valence-corrected chi connectivity index (χ3v) is 5.36. The molecule has 0 bridgehead atoms. The number of imidazole rings is 1. The summed E-state index contributed by atoms with van der Waals surface area (Å²) in [6.07, 6.45) is 1.75. The molecule has 168 valence electrons. The number of hydrogen-bond acceptors (Lipinski definition) is 3. The van der Waals surface area contributed by atoms with E-state index < -0.39 is 13.6 Å². The molecular formula is C23H24ClF2N3O2Si. The van der Waals surface area contributed by atoms with Gasteiger partial charge in [0, 0.05) is 28.9 Å². The number of benzene rings is 2. The first-order valence-electron chi connectivity index (χ1n) is 10.0. The first-order chi connectivity index (χ1) is 14.8. The SMILES string of the molecule is CC(C)n1cnc2cc(C(=O)Nc3ccc(OC(F)(F)Cl)cc3)cc(C#C[Si](C)(C)C)c21. The summed E-state index contributed by atoms with van der Waals surface area (Å²) < 4.78 is 31.8. The predicted octanol–water partition coefficient (Wildman–Crippen LogP) is 6.27. The highest BCUT2D eigenvalue weighted by atomic mass is 35.5. The molecule has 0 spiro atoms. The van der Waals surface area contributed by atoms with Gasteiger partial charge in [-0.3, -0.25) is 4.79 Å². The van der Waals surface area contributed by atoms with Gasteiger partial charge in [0.25, 0.3) is 5.91 Å². The zero-order valence-corrected chi connectivity index (χ0v) is 20.2. The molecule has 0 fully saturated rings. The Morgan fingerprint density at radius 2 is 1.88 bits per heavy atom. The average molecular weight is 476 g/mol. The van der Waals surface area contributed by atoms with Crippen LogP contribution in [0.5, 0.6) is 5.75 Å². The van der Waals surface area contributed by atoms with E-state index in [1.807, 2.05) is 4.57 Å². The smallest absolute Gasteiger partial charge is 0.420 e. The van der Waals surface area contributed by atoms with E-state index in [1.165, 1.54) is 24.3 Å². The maximum atomic E-state index is 12.9. The third kappa shape index (κ3) is 6.08. The maximum absolute atomic E-state index is 12.9. The molecule has 1 heterocycles. The van der Waals surface area contributed by atoms with Crippen LogP contribution in [0.1, 0.15) is 35.8 Å². The van der Waals surface area contributed by atoms with Crippen molar-refractivity contribution in [2.45, 2.75) is 45.1 Å². The van der Waals surface area contributed by atoms with Crippen LogP contribution in [0.4, 0.5) is 14.5 Å². The number of alkyl halides is 3. The second-order valence-electron chi connectivity index (χ2n) is 8.66. The van der Waals surface area contributed by atoms with E-state index in [0.717, 1.165) is 11.1 Å². The average Bonchev–Trinajstić information content (AvgIpc) is 3.10. The van der Waals surface area contributed by atoms with Gasteiger partial charge in [0.2, 0.25) is 0 Å². The van der Waals surface area contributed by atoms with Crippen LogP contribution in [0.15, 0.2) is 42.7 Å². The van der Waals surface area contributed by atoms with Gasteiger partial charge < -0.3 is 14.6 Å². The summed E-state index contributed by atoms with van der Waals surface area (Å²) in [6, 6.07) is 9.16. The third-order valence-electron chi connectivity index (χ3n) is 4.41. The standard InChI is InChI=1S/C23H24ClF2N3O2Si/c1-15(2)29-14-27-20-13-17(12-16(21(20)29)10-11-32(3,4)5)22(30)28-18-6-8-19(9-7-18)31-23(24,25)26/h6-9,12-15H,1-5H3,(H,28,30). The van der Waals surface area contributed by atoms with Crippen LogP contribution >= 0.6 is 11.6 Å².